The van der Waals surface area contributed by atoms with Gasteiger partial charge in [-0.3, -0.25) is 4.79 Å². The molecule has 1 heterocycles. The molecule has 0 saturated carbocycles. The molecule has 11 heavy (non-hydrogen) atoms. The molecule has 1 aromatic rings. The van der Waals surface area contributed by atoms with Crippen molar-refractivity contribution >= 4 is 46.4 Å². The van der Waals surface area contributed by atoms with Crippen LogP contribution in [0.15, 0.2) is 6.08 Å². The molecule has 0 atom stereocenters. The predicted molar refractivity (Wildman–Crippen MR) is 47.7 cm³/mol. The number of carbonyl (C=O) groups is 1. The van der Waals surface area contributed by atoms with Crippen molar-refractivity contribution in [3.05, 3.63) is 25.9 Å². The van der Waals surface area contributed by atoms with Crippen LogP contribution in [0.4, 0.5) is 0 Å². The summed E-state index contributed by atoms with van der Waals surface area (Å²) in [5.41, 5.74) is 1.33. The molecule has 2 rings (SSSR count). The Morgan fingerprint density at radius 2 is 1.91 bits per heavy atom. The molecule has 0 N–H and O–H groups in total. The first-order valence-electron chi connectivity index (χ1n) is 2.90. The van der Waals surface area contributed by atoms with Crippen LogP contribution in [0.3, 0.4) is 0 Å². The van der Waals surface area contributed by atoms with Crippen LogP contribution >= 0.6 is 34.5 Å². The normalized spacial score (nSPS) is 14.2. The summed E-state index contributed by atoms with van der Waals surface area (Å²) in [6.07, 6.45) is 3.18. The maximum atomic E-state index is 11.1. The Morgan fingerprint density at radius 1 is 1.18 bits per heavy atom. The smallest absolute Gasteiger partial charge is 0.188 e. The van der Waals surface area contributed by atoms with Crippen LogP contribution in [0.2, 0.25) is 8.67 Å². The number of fused-ring (bicyclic) bond motifs is 1. The SMILES string of the molecule is O=C1C=Cc2c(Cl)sc(Cl)c21. The lowest BCUT2D eigenvalue weighted by molar-refractivity contribution is 0.105. The van der Waals surface area contributed by atoms with Gasteiger partial charge in [0, 0.05) is 5.56 Å². The number of rotatable bonds is 0. The number of allylic oxidation sites excluding steroid dienone is 1. The van der Waals surface area contributed by atoms with Gasteiger partial charge in [0.1, 0.15) is 8.67 Å². The van der Waals surface area contributed by atoms with Gasteiger partial charge in [-0.15, -0.1) is 11.3 Å². The summed E-state index contributed by atoms with van der Waals surface area (Å²) in [5.74, 6) is -0.0480. The van der Waals surface area contributed by atoms with E-state index in [-0.39, 0.29) is 5.78 Å². The van der Waals surface area contributed by atoms with E-state index in [2.05, 4.69) is 0 Å². The van der Waals surface area contributed by atoms with Gasteiger partial charge in [0.2, 0.25) is 0 Å². The second kappa shape index (κ2) is 2.34. The molecule has 0 aromatic carbocycles. The van der Waals surface area contributed by atoms with Crippen LogP contribution in [0, 0.1) is 0 Å². The van der Waals surface area contributed by atoms with E-state index in [1.54, 1.807) is 6.08 Å². The van der Waals surface area contributed by atoms with Crippen molar-refractivity contribution in [2.75, 3.05) is 0 Å². The number of hydrogen-bond donors (Lipinski definition) is 0. The molecule has 56 valence electrons. The first-order valence-corrected chi connectivity index (χ1v) is 4.47. The third kappa shape index (κ3) is 0.940. The Morgan fingerprint density at radius 3 is 2.55 bits per heavy atom. The first kappa shape index (κ1) is 7.35. The van der Waals surface area contributed by atoms with Gasteiger partial charge in [-0.25, -0.2) is 0 Å². The van der Waals surface area contributed by atoms with Crippen molar-refractivity contribution in [2.24, 2.45) is 0 Å². The average molecular weight is 205 g/mol. The zero-order valence-electron chi connectivity index (χ0n) is 5.23. The van der Waals surface area contributed by atoms with Gasteiger partial charge in [0.25, 0.3) is 0 Å². The Bertz CT molecular complexity index is 365. The second-order valence-corrected chi connectivity index (χ2v) is 4.36. The van der Waals surface area contributed by atoms with Gasteiger partial charge in [-0.05, 0) is 12.2 Å². The highest BCUT2D eigenvalue weighted by molar-refractivity contribution is 7.20. The highest BCUT2D eigenvalue weighted by atomic mass is 35.5. The minimum absolute atomic E-state index is 0.0480. The van der Waals surface area contributed by atoms with Crippen molar-refractivity contribution in [1.82, 2.24) is 0 Å². The van der Waals surface area contributed by atoms with Crippen molar-refractivity contribution in [1.29, 1.82) is 0 Å². The highest BCUT2D eigenvalue weighted by Crippen LogP contribution is 2.40. The number of carbonyl (C=O) groups excluding carboxylic acids is 1. The topological polar surface area (TPSA) is 17.1 Å². The molecule has 0 spiro atoms. The zero-order chi connectivity index (χ0) is 8.01. The predicted octanol–water partition coefficient (Wildman–Crippen LogP) is 3.26. The molecule has 0 bridgehead atoms. The minimum Gasteiger partial charge on any atom is -0.289 e. The average Bonchev–Trinajstić information content (AvgIpc) is 2.41. The van der Waals surface area contributed by atoms with E-state index in [1.807, 2.05) is 0 Å². The van der Waals surface area contributed by atoms with E-state index in [1.165, 1.54) is 17.4 Å². The third-order valence-electron chi connectivity index (χ3n) is 1.50. The number of ketones is 1. The van der Waals surface area contributed by atoms with Gasteiger partial charge >= 0.3 is 0 Å². The van der Waals surface area contributed by atoms with E-state index in [9.17, 15) is 4.79 Å². The zero-order valence-corrected chi connectivity index (χ0v) is 7.56. The number of hydrogen-bond acceptors (Lipinski definition) is 2. The maximum Gasteiger partial charge on any atom is 0.188 e. The molecule has 0 amide bonds. The molecule has 0 aliphatic heterocycles. The van der Waals surface area contributed by atoms with Crippen LogP contribution in [-0.4, -0.2) is 5.78 Å². The van der Waals surface area contributed by atoms with Crippen molar-refractivity contribution in [3.63, 3.8) is 0 Å². The fourth-order valence-corrected chi connectivity index (χ4v) is 2.69. The van der Waals surface area contributed by atoms with E-state index in [4.69, 9.17) is 23.2 Å². The van der Waals surface area contributed by atoms with Crippen LogP contribution < -0.4 is 0 Å². The van der Waals surface area contributed by atoms with Gasteiger partial charge < -0.3 is 0 Å². The Kier molecular flexibility index (Phi) is 1.56. The second-order valence-electron chi connectivity index (χ2n) is 2.14. The standard InChI is InChI=1S/C7H2Cl2OS/c8-6-3-1-2-4(10)5(3)7(9)11-6/h1-2H. The van der Waals surface area contributed by atoms with E-state index >= 15 is 0 Å². The van der Waals surface area contributed by atoms with Crippen molar-refractivity contribution < 1.29 is 4.79 Å². The van der Waals surface area contributed by atoms with Crippen LogP contribution in [-0.2, 0) is 0 Å². The quantitative estimate of drug-likeness (QED) is 0.635. The molecule has 0 radical (unpaired) electrons. The molecular formula is C7H2Cl2OS. The molecule has 0 saturated heterocycles. The van der Waals surface area contributed by atoms with Crippen molar-refractivity contribution in [2.45, 2.75) is 0 Å². The van der Waals surface area contributed by atoms with E-state index in [0.717, 1.165) is 5.56 Å². The lowest BCUT2D eigenvalue weighted by atomic mass is 10.2. The molecule has 1 nitrogen and oxygen atoms in total. The summed E-state index contributed by atoms with van der Waals surface area (Å²) in [6.45, 7) is 0. The first-order chi connectivity index (χ1) is 5.20. The fraction of sp³-hybridized carbons (Fsp3) is 0. The monoisotopic (exact) mass is 204 g/mol. The Labute approximate surface area is 77.2 Å². The van der Waals surface area contributed by atoms with E-state index in [0.29, 0.717) is 14.2 Å². The van der Waals surface area contributed by atoms with Gasteiger partial charge in [0.15, 0.2) is 5.78 Å². The van der Waals surface area contributed by atoms with Crippen LogP contribution in [0.5, 0.6) is 0 Å². The summed E-state index contributed by atoms with van der Waals surface area (Å²) in [4.78, 5) is 11.1. The molecule has 1 aliphatic carbocycles. The summed E-state index contributed by atoms with van der Waals surface area (Å²) in [7, 11) is 0. The summed E-state index contributed by atoms with van der Waals surface area (Å²) < 4.78 is 1.08. The number of halogens is 2. The van der Waals surface area contributed by atoms with Gasteiger partial charge in [-0.2, -0.15) is 0 Å². The molecular weight excluding hydrogens is 203 g/mol. The van der Waals surface area contributed by atoms with Crippen LogP contribution in [0.1, 0.15) is 15.9 Å². The maximum absolute atomic E-state index is 11.1. The lowest BCUT2D eigenvalue weighted by Gasteiger charge is -1.85. The van der Waals surface area contributed by atoms with Crippen LogP contribution in [0.25, 0.3) is 6.08 Å². The molecule has 0 fully saturated rings. The van der Waals surface area contributed by atoms with Gasteiger partial charge in [-0.1, -0.05) is 23.2 Å². The van der Waals surface area contributed by atoms with E-state index < -0.39 is 0 Å². The third-order valence-corrected chi connectivity index (χ3v) is 3.14. The summed E-state index contributed by atoms with van der Waals surface area (Å²) >= 11 is 12.8. The molecule has 0 unspecified atom stereocenters. The highest BCUT2D eigenvalue weighted by Gasteiger charge is 2.22. The molecule has 4 heteroatoms. The Balaban J connectivity index is 2.77. The van der Waals surface area contributed by atoms with Gasteiger partial charge in [0.05, 0.1) is 5.56 Å². The largest absolute Gasteiger partial charge is 0.289 e. The summed E-state index contributed by atoms with van der Waals surface area (Å²) in [6, 6.07) is 0. The fourth-order valence-electron chi connectivity index (χ4n) is 1.01. The summed E-state index contributed by atoms with van der Waals surface area (Å²) in [5, 5.41) is 0. The Hall–Kier alpha value is -0.310. The molecule has 1 aliphatic rings. The minimum atomic E-state index is -0.0480. The molecule has 1 aromatic heterocycles. The van der Waals surface area contributed by atoms with Crippen molar-refractivity contribution in [3.8, 4) is 0 Å². The lowest BCUT2D eigenvalue weighted by Crippen LogP contribution is -1.87. The number of thiophene rings is 1.